The highest BCUT2D eigenvalue weighted by atomic mass is 16.6. The van der Waals surface area contributed by atoms with E-state index in [4.69, 9.17) is 14.2 Å². The first-order chi connectivity index (χ1) is 33.0. The molecule has 0 unspecified atom stereocenters. The van der Waals surface area contributed by atoms with Crippen LogP contribution in [0, 0.1) is 0 Å². The van der Waals surface area contributed by atoms with E-state index in [1.165, 1.54) is 180 Å². The Labute approximate surface area is 416 Å². The molecule has 0 saturated heterocycles. The molecule has 0 saturated carbocycles. The van der Waals surface area contributed by atoms with Gasteiger partial charge in [0.05, 0.1) is 0 Å². The second kappa shape index (κ2) is 56.0. The van der Waals surface area contributed by atoms with Gasteiger partial charge < -0.3 is 14.2 Å². The monoisotopic (exact) mass is 939 g/mol. The molecule has 0 N–H and O–H groups in total. The first kappa shape index (κ1) is 64.4. The molecule has 6 heteroatoms. The van der Waals surface area contributed by atoms with Crippen molar-refractivity contribution in [2.24, 2.45) is 0 Å². The Morgan fingerprint density at radius 3 is 0.866 bits per heavy atom. The minimum absolute atomic E-state index is 0.0788. The molecule has 0 rings (SSSR count). The smallest absolute Gasteiger partial charge is 0.306 e. The van der Waals surface area contributed by atoms with Gasteiger partial charge in [-0.15, -0.1) is 0 Å². The van der Waals surface area contributed by atoms with Gasteiger partial charge in [-0.1, -0.05) is 268 Å². The summed E-state index contributed by atoms with van der Waals surface area (Å²) in [5.74, 6) is -0.894. The van der Waals surface area contributed by atoms with E-state index in [9.17, 15) is 14.4 Å². The van der Waals surface area contributed by atoms with Gasteiger partial charge in [0, 0.05) is 19.3 Å². The zero-order valence-corrected chi connectivity index (χ0v) is 44.7. The fourth-order valence-corrected chi connectivity index (χ4v) is 8.43. The first-order valence-corrected chi connectivity index (χ1v) is 29.1. The SMILES string of the molecule is CCCCC/C=C\C/C=C\C/C=C\C/C=C\CCCCCC(=O)OC[C@@H](COC(=O)CCCCCCCCCCCCCCCCC)OC(=O)CCCCCCCCCCCCCCCCC. The number of hydrogen-bond acceptors (Lipinski definition) is 6. The minimum atomic E-state index is -0.782. The van der Waals surface area contributed by atoms with Crippen molar-refractivity contribution in [3.8, 4) is 0 Å². The van der Waals surface area contributed by atoms with Gasteiger partial charge in [0.15, 0.2) is 6.10 Å². The van der Waals surface area contributed by atoms with Crippen LogP contribution in [0.4, 0.5) is 0 Å². The summed E-state index contributed by atoms with van der Waals surface area (Å²) >= 11 is 0. The van der Waals surface area contributed by atoms with E-state index in [0.29, 0.717) is 19.3 Å². The van der Waals surface area contributed by atoms with E-state index in [-0.39, 0.29) is 31.1 Å². The maximum absolute atomic E-state index is 12.8. The van der Waals surface area contributed by atoms with E-state index in [0.717, 1.165) is 83.5 Å². The van der Waals surface area contributed by atoms with Crippen LogP contribution in [-0.2, 0) is 28.6 Å². The molecular formula is C61H110O6. The zero-order valence-electron chi connectivity index (χ0n) is 44.7. The summed E-state index contributed by atoms with van der Waals surface area (Å²) in [6.07, 6.45) is 68.1. The van der Waals surface area contributed by atoms with Crippen LogP contribution in [0.15, 0.2) is 48.6 Å². The summed E-state index contributed by atoms with van der Waals surface area (Å²) in [5, 5.41) is 0. The van der Waals surface area contributed by atoms with Crippen LogP contribution in [0.1, 0.15) is 303 Å². The van der Waals surface area contributed by atoms with E-state index in [1.54, 1.807) is 0 Å². The topological polar surface area (TPSA) is 78.9 Å². The Morgan fingerprint density at radius 2 is 0.537 bits per heavy atom. The van der Waals surface area contributed by atoms with Gasteiger partial charge in [-0.25, -0.2) is 0 Å². The molecule has 0 fully saturated rings. The maximum Gasteiger partial charge on any atom is 0.306 e. The number of ether oxygens (including phenoxy) is 3. The van der Waals surface area contributed by atoms with E-state index in [2.05, 4.69) is 69.4 Å². The Kier molecular flexibility index (Phi) is 53.8. The van der Waals surface area contributed by atoms with E-state index < -0.39 is 6.10 Å². The summed E-state index contributed by atoms with van der Waals surface area (Å²) in [6, 6.07) is 0. The fraction of sp³-hybridized carbons (Fsp3) is 0.820. The molecule has 0 aliphatic heterocycles. The Balaban J connectivity index is 4.40. The number of rotatable bonds is 53. The number of carbonyl (C=O) groups excluding carboxylic acids is 3. The highest BCUT2D eigenvalue weighted by molar-refractivity contribution is 5.71. The minimum Gasteiger partial charge on any atom is -0.462 e. The molecule has 0 radical (unpaired) electrons. The van der Waals surface area contributed by atoms with Crippen LogP contribution in [0.5, 0.6) is 0 Å². The number of carbonyl (C=O) groups is 3. The summed E-state index contributed by atoms with van der Waals surface area (Å²) in [5.41, 5.74) is 0. The molecule has 0 aliphatic carbocycles. The zero-order chi connectivity index (χ0) is 48.6. The van der Waals surface area contributed by atoms with Crippen molar-refractivity contribution in [2.45, 2.75) is 309 Å². The van der Waals surface area contributed by atoms with Gasteiger partial charge in [0.25, 0.3) is 0 Å². The molecule has 0 aromatic carbocycles. The third-order valence-electron chi connectivity index (χ3n) is 12.8. The second-order valence-electron chi connectivity index (χ2n) is 19.6. The van der Waals surface area contributed by atoms with Crippen LogP contribution in [0.3, 0.4) is 0 Å². The van der Waals surface area contributed by atoms with Crippen LogP contribution in [-0.4, -0.2) is 37.2 Å². The molecule has 390 valence electrons. The van der Waals surface area contributed by atoms with Crippen molar-refractivity contribution < 1.29 is 28.6 Å². The van der Waals surface area contributed by atoms with Crippen molar-refractivity contribution in [3.63, 3.8) is 0 Å². The standard InChI is InChI=1S/C61H110O6/c1-4-7-10-13-16-19-22-25-28-29-30-31-34-36-39-42-45-48-51-54-60(63)66-57-58(67-61(64)55-52-49-46-43-40-37-33-27-24-21-18-15-12-9-6-3)56-65-59(62)53-50-47-44-41-38-35-32-26-23-20-17-14-11-8-5-2/h16,19,25,28,30-31,36,39,58H,4-15,17-18,20-24,26-27,29,32-35,37-38,40-57H2,1-3H3/b19-16-,28-25-,31-30-,39-36-/t58-/m1/s1. The maximum atomic E-state index is 12.8. The normalized spacial score (nSPS) is 12.3. The van der Waals surface area contributed by atoms with Gasteiger partial charge in [0.1, 0.15) is 13.2 Å². The molecule has 6 nitrogen and oxygen atoms in total. The lowest BCUT2D eigenvalue weighted by Crippen LogP contribution is -2.30. The van der Waals surface area contributed by atoms with Crippen molar-refractivity contribution in [1.82, 2.24) is 0 Å². The summed E-state index contributed by atoms with van der Waals surface area (Å²) < 4.78 is 16.9. The van der Waals surface area contributed by atoms with Gasteiger partial charge >= 0.3 is 17.9 Å². The van der Waals surface area contributed by atoms with E-state index >= 15 is 0 Å². The molecule has 67 heavy (non-hydrogen) atoms. The Morgan fingerprint density at radius 1 is 0.299 bits per heavy atom. The van der Waals surface area contributed by atoms with Crippen LogP contribution >= 0.6 is 0 Å². The summed E-state index contributed by atoms with van der Waals surface area (Å²) in [4.78, 5) is 38.1. The van der Waals surface area contributed by atoms with Gasteiger partial charge in [-0.3, -0.25) is 14.4 Å². The third-order valence-corrected chi connectivity index (χ3v) is 12.8. The first-order valence-electron chi connectivity index (χ1n) is 29.1. The number of esters is 3. The highest BCUT2D eigenvalue weighted by Gasteiger charge is 2.19. The fourth-order valence-electron chi connectivity index (χ4n) is 8.43. The number of unbranched alkanes of at least 4 members (excludes halogenated alkanes) is 34. The molecule has 1 atom stereocenters. The number of hydrogen-bond donors (Lipinski definition) is 0. The van der Waals surface area contributed by atoms with Crippen LogP contribution in [0.2, 0.25) is 0 Å². The van der Waals surface area contributed by atoms with Crippen LogP contribution in [0.25, 0.3) is 0 Å². The van der Waals surface area contributed by atoms with Gasteiger partial charge in [0.2, 0.25) is 0 Å². The van der Waals surface area contributed by atoms with Crippen molar-refractivity contribution >= 4 is 17.9 Å². The molecular weight excluding hydrogens is 829 g/mol. The summed E-state index contributed by atoms with van der Waals surface area (Å²) in [7, 11) is 0. The molecule has 0 aliphatic rings. The Bertz CT molecular complexity index is 1170. The molecule has 0 aromatic rings. The van der Waals surface area contributed by atoms with Crippen molar-refractivity contribution in [1.29, 1.82) is 0 Å². The molecule has 0 spiro atoms. The average Bonchev–Trinajstić information content (AvgIpc) is 3.33. The molecule has 0 heterocycles. The highest BCUT2D eigenvalue weighted by Crippen LogP contribution is 2.16. The lowest BCUT2D eigenvalue weighted by atomic mass is 10.0. The average molecular weight is 940 g/mol. The largest absolute Gasteiger partial charge is 0.462 e. The van der Waals surface area contributed by atoms with Crippen molar-refractivity contribution in [3.05, 3.63) is 48.6 Å². The van der Waals surface area contributed by atoms with Crippen molar-refractivity contribution in [2.75, 3.05) is 13.2 Å². The summed E-state index contributed by atoms with van der Waals surface area (Å²) in [6.45, 7) is 6.62. The third kappa shape index (κ3) is 54.2. The molecule has 0 amide bonds. The predicted octanol–water partition coefficient (Wildman–Crippen LogP) is 19.4. The quantitative estimate of drug-likeness (QED) is 0.0262. The molecule has 0 aromatic heterocycles. The van der Waals surface area contributed by atoms with Gasteiger partial charge in [-0.05, 0) is 64.2 Å². The lowest BCUT2D eigenvalue weighted by molar-refractivity contribution is -0.167. The lowest BCUT2D eigenvalue weighted by Gasteiger charge is -2.18. The number of allylic oxidation sites excluding steroid dienone is 8. The molecule has 0 bridgehead atoms. The van der Waals surface area contributed by atoms with Gasteiger partial charge in [-0.2, -0.15) is 0 Å². The second-order valence-corrected chi connectivity index (χ2v) is 19.6. The van der Waals surface area contributed by atoms with Crippen LogP contribution < -0.4 is 0 Å². The van der Waals surface area contributed by atoms with E-state index in [1.807, 2.05) is 0 Å². The Hall–Kier alpha value is -2.63. The predicted molar refractivity (Wildman–Crippen MR) is 289 cm³/mol.